The van der Waals surface area contributed by atoms with Gasteiger partial charge in [-0.2, -0.15) is 13.2 Å². The third-order valence-electron chi connectivity index (χ3n) is 5.06. The molecule has 28 heavy (non-hydrogen) atoms. The van der Waals surface area contributed by atoms with Crippen LogP contribution in [0.2, 0.25) is 0 Å². The van der Waals surface area contributed by atoms with Gasteiger partial charge >= 0.3 is 6.18 Å². The highest BCUT2D eigenvalue weighted by atomic mass is 32.1. The molecule has 5 nitrogen and oxygen atoms in total. The number of piperidine rings is 1. The molecule has 1 aliphatic rings. The summed E-state index contributed by atoms with van der Waals surface area (Å²) in [6.07, 6.45) is -1.18. The molecule has 0 aromatic carbocycles. The van der Waals surface area contributed by atoms with Crippen molar-refractivity contribution in [3.05, 3.63) is 22.4 Å². The van der Waals surface area contributed by atoms with E-state index in [1.54, 1.807) is 18.4 Å². The first-order valence-corrected chi connectivity index (χ1v) is 10.6. The predicted octanol–water partition coefficient (Wildman–Crippen LogP) is 3.18. The highest BCUT2D eigenvalue weighted by Crippen LogP contribution is 2.36. The molecule has 0 aliphatic carbocycles. The summed E-state index contributed by atoms with van der Waals surface area (Å²) in [5.74, 6) is 1.20. The minimum Gasteiger partial charge on any atom is -0.356 e. The molecule has 2 unspecified atom stereocenters. The molecule has 2 heterocycles. The van der Waals surface area contributed by atoms with Crippen molar-refractivity contribution >= 4 is 17.3 Å². The van der Waals surface area contributed by atoms with Crippen molar-refractivity contribution in [2.45, 2.75) is 31.5 Å². The summed E-state index contributed by atoms with van der Waals surface area (Å²) in [5.41, 5.74) is 0. The fourth-order valence-corrected chi connectivity index (χ4v) is 4.75. The first-order valence-electron chi connectivity index (χ1n) is 9.73. The number of thiophene rings is 1. The van der Waals surface area contributed by atoms with E-state index in [-0.39, 0.29) is 0 Å². The molecule has 2 atom stereocenters. The first-order chi connectivity index (χ1) is 13.3. The molecule has 160 valence electrons. The standard InChI is InChI=1S/C19H32F3N5S/c1-23-18(24-9-6-10-26(2)14-19(20,21)22)25-13-15-7-4-11-27(3)17(15)16-8-5-12-28-16/h5,8,12,15,17H,4,6-7,9-11,13-14H2,1-3H3,(H2,23,24,25). The summed E-state index contributed by atoms with van der Waals surface area (Å²) in [6, 6.07) is 4.72. The molecule has 0 bridgehead atoms. The maximum Gasteiger partial charge on any atom is 0.401 e. The van der Waals surface area contributed by atoms with E-state index in [4.69, 9.17) is 0 Å². The van der Waals surface area contributed by atoms with Gasteiger partial charge in [-0.1, -0.05) is 6.07 Å². The SMILES string of the molecule is CN=C(NCCCN(C)CC(F)(F)F)NCC1CCCN(C)C1c1cccs1. The molecule has 1 aliphatic heterocycles. The smallest absolute Gasteiger partial charge is 0.356 e. The molecule has 1 saturated heterocycles. The van der Waals surface area contributed by atoms with E-state index in [1.165, 1.54) is 29.7 Å². The van der Waals surface area contributed by atoms with Crippen LogP contribution in [0.1, 0.15) is 30.2 Å². The molecular weight excluding hydrogens is 387 g/mol. The Morgan fingerprint density at radius 2 is 2.18 bits per heavy atom. The Morgan fingerprint density at radius 1 is 1.39 bits per heavy atom. The molecule has 0 saturated carbocycles. The van der Waals surface area contributed by atoms with Gasteiger partial charge in [-0.05, 0) is 63.8 Å². The van der Waals surface area contributed by atoms with E-state index in [0.717, 1.165) is 13.1 Å². The van der Waals surface area contributed by atoms with Crippen LogP contribution in [0.3, 0.4) is 0 Å². The number of halogens is 3. The molecule has 0 amide bonds. The molecule has 1 fully saturated rings. The number of nitrogens with one attached hydrogen (secondary N) is 2. The third-order valence-corrected chi connectivity index (χ3v) is 6.00. The van der Waals surface area contributed by atoms with Crippen LogP contribution >= 0.6 is 11.3 Å². The zero-order chi connectivity index (χ0) is 20.6. The average Bonchev–Trinajstić information content (AvgIpc) is 3.13. The van der Waals surface area contributed by atoms with Gasteiger partial charge in [0.25, 0.3) is 0 Å². The van der Waals surface area contributed by atoms with Crippen molar-refractivity contribution in [1.82, 2.24) is 20.4 Å². The lowest BCUT2D eigenvalue weighted by Crippen LogP contribution is -2.45. The van der Waals surface area contributed by atoms with Crippen LogP contribution in [-0.4, -0.2) is 75.8 Å². The zero-order valence-corrected chi connectivity index (χ0v) is 17.7. The lowest BCUT2D eigenvalue weighted by atomic mass is 9.88. The quantitative estimate of drug-likeness (QED) is 0.386. The Labute approximate surface area is 170 Å². The minimum absolute atomic E-state index is 0.386. The van der Waals surface area contributed by atoms with Crippen molar-refractivity contribution in [2.24, 2.45) is 10.9 Å². The summed E-state index contributed by atoms with van der Waals surface area (Å²) in [4.78, 5) is 9.36. The van der Waals surface area contributed by atoms with E-state index >= 15 is 0 Å². The van der Waals surface area contributed by atoms with Crippen LogP contribution in [0.15, 0.2) is 22.5 Å². The molecular formula is C19H32F3N5S. The lowest BCUT2D eigenvalue weighted by molar-refractivity contribution is -0.143. The Balaban J connectivity index is 1.75. The van der Waals surface area contributed by atoms with Crippen LogP contribution in [-0.2, 0) is 0 Å². The fourth-order valence-electron chi connectivity index (χ4n) is 3.77. The number of likely N-dealkylation sites (tertiary alicyclic amines) is 1. The predicted molar refractivity (Wildman–Crippen MR) is 110 cm³/mol. The minimum atomic E-state index is -4.15. The number of rotatable bonds is 8. The molecule has 1 aromatic rings. The Bertz CT molecular complexity index is 591. The third kappa shape index (κ3) is 7.60. The maximum absolute atomic E-state index is 12.3. The molecule has 1 aromatic heterocycles. The van der Waals surface area contributed by atoms with Gasteiger partial charge in [-0.3, -0.25) is 14.8 Å². The van der Waals surface area contributed by atoms with Crippen LogP contribution in [0.25, 0.3) is 0 Å². The summed E-state index contributed by atoms with van der Waals surface area (Å²) in [6.45, 7) is 2.02. The Hall–Kier alpha value is -1.32. The van der Waals surface area contributed by atoms with Gasteiger partial charge in [-0.15, -0.1) is 11.3 Å². The van der Waals surface area contributed by atoms with Crippen molar-refractivity contribution in [2.75, 3.05) is 53.9 Å². The highest BCUT2D eigenvalue weighted by Gasteiger charge is 2.31. The second-order valence-corrected chi connectivity index (χ2v) is 8.41. The second kappa shape index (κ2) is 11.0. The van der Waals surface area contributed by atoms with Crippen LogP contribution < -0.4 is 10.6 Å². The maximum atomic E-state index is 12.3. The number of hydrogen-bond acceptors (Lipinski definition) is 4. The number of nitrogens with zero attached hydrogens (tertiary/aromatic N) is 3. The molecule has 2 rings (SSSR count). The van der Waals surface area contributed by atoms with Crippen LogP contribution in [0, 0.1) is 5.92 Å². The number of aliphatic imine (C=N–C) groups is 1. The topological polar surface area (TPSA) is 42.9 Å². The average molecular weight is 420 g/mol. The number of guanidine groups is 1. The van der Waals surface area contributed by atoms with Gasteiger partial charge in [0, 0.05) is 31.1 Å². The summed E-state index contributed by atoms with van der Waals surface area (Å²) in [7, 11) is 5.39. The molecule has 9 heteroatoms. The van der Waals surface area contributed by atoms with Crippen LogP contribution in [0.5, 0.6) is 0 Å². The lowest BCUT2D eigenvalue weighted by Gasteiger charge is -2.39. The van der Waals surface area contributed by atoms with Gasteiger partial charge in [0.15, 0.2) is 5.96 Å². The van der Waals surface area contributed by atoms with Crippen LogP contribution in [0.4, 0.5) is 13.2 Å². The van der Waals surface area contributed by atoms with Crippen molar-refractivity contribution in [3.8, 4) is 0 Å². The van der Waals surface area contributed by atoms with E-state index in [0.29, 0.717) is 37.4 Å². The van der Waals surface area contributed by atoms with E-state index < -0.39 is 12.7 Å². The molecule has 0 spiro atoms. The Morgan fingerprint density at radius 3 is 2.82 bits per heavy atom. The zero-order valence-electron chi connectivity index (χ0n) is 16.9. The molecule has 0 radical (unpaired) electrons. The van der Waals surface area contributed by atoms with Crippen molar-refractivity contribution < 1.29 is 13.2 Å². The van der Waals surface area contributed by atoms with Gasteiger partial charge in [-0.25, -0.2) is 0 Å². The summed E-state index contributed by atoms with van der Waals surface area (Å²) < 4.78 is 37.0. The summed E-state index contributed by atoms with van der Waals surface area (Å²) in [5, 5.41) is 8.73. The van der Waals surface area contributed by atoms with Crippen molar-refractivity contribution in [3.63, 3.8) is 0 Å². The number of alkyl halides is 3. The van der Waals surface area contributed by atoms with Gasteiger partial charge < -0.3 is 10.6 Å². The highest BCUT2D eigenvalue weighted by molar-refractivity contribution is 7.10. The van der Waals surface area contributed by atoms with E-state index in [2.05, 4.69) is 45.1 Å². The largest absolute Gasteiger partial charge is 0.401 e. The Kier molecular flexibility index (Phi) is 9.04. The van der Waals surface area contributed by atoms with Gasteiger partial charge in [0.05, 0.1) is 6.54 Å². The van der Waals surface area contributed by atoms with E-state index in [9.17, 15) is 13.2 Å². The monoisotopic (exact) mass is 419 g/mol. The van der Waals surface area contributed by atoms with Crippen molar-refractivity contribution in [1.29, 1.82) is 0 Å². The van der Waals surface area contributed by atoms with Gasteiger partial charge in [0.2, 0.25) is 0 Å². The normalized spacial score (nSPS) is 21.9. The van der Waals surface area contributed by atoms with E-state index in [1.807, 2.05) is 0 Å². The summed E-state index contributed by atoms with van der Waals surface area (Å²) >= 11 is 1.80. The first kappa shape index (κ1) is 23.0. The number of hydrogen-bond donors (Lipinski definition) is 2. The second-order valence-electron chi connectivity index (χ2n) is 7.43. The fraction of sp³-hybridized carbons (Fsp3) is 0.737. The molecule has 2 N–H and O–H groups in total. The van der Waals surface area contributed by atoms with Gasteiger partial charge in [0.1, 0.15) is 0 Å².